The average molecular weight is 310 g/mol. The smallest absolute Gasteiger partial charge is 0.179 e. The highest BCUT2D eigenvalue weighted by atomic mass is 32.2. The maximum Gasteiger partial charge on any atom is 0.179 e. The van der Waals surface area contributed by atoms with E-state index in [9.17, 15) is 8.42 Å². The van der Waals surface area contributed by atoms with Crippen LogP contribution in [0.1, 0.15) is 31.2 Å². The van der Waals surface area contributed by atoms with Gasteiger partial charge in [-0.3, -0.25) is 0 Å². The van der Waals surface area contributed by atoms with Gasteiger partial charge in [0, 0.05) is 13.2 Å². The summed E-state index contributed by atoms with van der Waals surface area (Å²) >= 11 is 0. The molecule has 5 nitrogen and oxygen atoms in total. The van der Waals surface area contributed by atoms with Crippen molar-refractivity contribution in [1.82, 2.24) is 5.32 Å². The molecule has 0 aliphatic carbocycles. The van der Waals surface area contributed by atoms with Crippen molar-refractivity contribution < 1.29 is 13.5 Å². The number of hydrogen-bond donors (Lipinski definition) is 2. The van der Waals surface area contributed by atoms with Gasteiger partial charge in [0.2, 0.25) is 0 Å². The van der Waals surface area contributed by atoms with E-state index in [0.29, 0.717) is 12.1 Å². The molecule has 0 unspecified atom stereocenters. The predicted octanol–water partition coefficient (Wildman–Crippen LogP) is 1.47. The molecule has 6 heteroatoms. The molecule has 116 valence electrons. The van der Waals surface area contributed by atoms with Crippen LogP contribution in [0.15, 0.2) is 29.2 Å². The first-order chi connectivity index (χ1) is 10.1. The Hall–Kier alpha value is -1.42. The van der Waals surface area contributed by atoms with Crippen LogP contribution >= 0.6 is 0 Å². The fraction of sp³-hybridized carbons (Fsp3) is 0.533. The van der Waals surface area contributed by atoms with Gasteiger partial charge in [0.05, 0.1) is 22.3 Å². The summed E-state index contributed by atoms with van der Waals surface area (Å²) in [6.07, 6.45) is 3.83. The van der Waals surface area contributed by atoms with Gasteiger partial charge in [-0.25, -0.2) is 8.42 Å². The molecule has 2 N–H and O–H groups in total. The minimum absolute atomic E-state index is 0.0263. The van der Waals surface area contributed by atoms with Crippen LogP contribution in [-0.4, -0.2) is 39.0 Å². The molecular weight excluding hydrogens is 288 g/mol. The molecule has 0 spiro atoms. The Kier molecular flexibility index (Phi) is 7.98. The largest absolute Gasteiger partial charge is 0.396 e. The monoisotopic (exact) mass is 310 g/mol. The van der Waals surface area contributed by atoms with Crippen LogP contribution in [0.2, 0.25) is 0 Å². The normalized spacial score (nSPS) is 11.2. The molecule has 0 saturated heterocycles. The molecule has 0 aliphatic rings. The van der Waals surface area contributed by atoms with E-state index < -0.39 is 9.84 Å². The van der Waals surface area contributed by atoms with Crippen molar-refractivity contribution in [3.63, 3.8) is 0 Å². The molecule has 1 aromatic rings. The SMILES string of the molecule is N#Cc1cccc(S(=O)(=O)CCNCCCCCCO)c1. The zero-order valence-electron chi connectivity index (χ0n) is 12.1. The minimum Gasteiger partial charge on any atom is -0.396 e. The number of aliphatic hydroxyl groups is 1. The average Bonchev–Trinajstić information content (AvgIpc) is 2.50. The first-order valence-corrected chi connectivity index (χ1v) is 8.80. The molecule has 0 bridgehead atoms. The summed E-state index contributed by atoms with van der Waals surface area (Å²) in [5.41, 5.74) is 0.355. The Morgan fingerprint density at radius 1 is 1.14 bits per heavy atom. The van der Waals surface area contributed by atoms with Crippen molar-refractivity contribution in [2.75, 3.05) is 25.4 Å². The molecule has 0 aliphatic heterocycles. The van der Waals surface area contributed by atoms with Gasteiger partial charge >= 0.3 is 0 Å². The van der Waals surface area contributed by atoms with Crippen LogP contribution in [0.5, 0.6) is 0 Å². The van der Waals surface area contributed by atoms with E-state index in [1.807, 2.05) is 6.07 Å². The third-order valence-corrected chi connectivity index (χ3v) is 4.85. The van der Waals surface area contributed by atoms with Crippen molar-refractivity contribution in [1.29, 1.82) is 5.26 Å². The zero-order chi connectivity index (χ0) is 15.6. The van der Waals surface area contributed by atoms with Gasteiger partial charge in [0.15, 0.2) is 9.84 Å². The highest BCUT2D eigenvalue weighted by Gasteiger charge is 2.14. The second-order valence-corrected chi connectivity index (χ2v) is 6.96. The van der Waals surface area contributed by atoms with Crippen LogP contribution in [0.4, 0.5) is 0 Å². The third kappa shape index (κ3) is 6.71. The minimum atomic E-state index is -3.34. The zero-order valence-corrected chi connectivity index (χ0v) is 12.9. The molecule has 0 atom stereocenters. The highest BCUT2D eigenvalue weighted by Crippen LogP contribution is 2.12. The summed E-state index contributed by atoms with van der Waals surface area (Å²) in [6.45, 7) is 1.41. The van der Waals surface area contributed by atoms with Gasteiger partial charge in [-0.2, -0.15) is 5.26 Å². The molecule has 0 heterocycles. The maximum atomic E-state index is 12.1. The van der Waals surface area contributed by atoms with E-state index in [-0.39, 0.29) is 17.3 Å². The third-order valence-electron chi connectivity index (χ3n) is 3.13. The lowest BCUT2D eigenvalue weighted by Crippen LogP contribution is -2.24. The summed E-state index contributed by atoms with van der Waals surface area (Å²) in [6, 6.07) is 8.04. The van der Waals surface area contributed by atoms with Gasteiger partial charge in [-0.15, -0.1) is 0 Å². The summed E-state index contributed by atoms with van der Waals surface area (Å²) in [5, 5.41) is 20.5. The van der Waals surface area contributed by atoms with Crippen molar-refractivity contribution in [3.8, 4) is 6.07 Å². The van der Waals surface area contributed by atoms with Gasteiger partial charge in [-0.1, -0.05) is 18.9 Å². The fourth-order valence-corrected chi connectivity index (χ4v) is 3.17. The first kappa shape index (κ1) is 17.6. The number of sulfone groups is 1. The lowest BCUT2D eigenvalue weighted by atomic mass is 10.2. The second-order valence-electron chi connectivity index (χ2n) is 4.85. The van der Waals surface area contributed by atoms with Crippen LogP contribution in [0.25, 0.3) is 0 Å². The maximum absolute atomic E-state index is 12.1. The first-order valence-electron chi connectivity index (χ1n) is 7.14. The van der Waals surface area contributed by atoms with Crippen LogP contribution in [0, 0.1) is 11.3 Å². The molecule has 1 rings (SSSR count). The van der Waals surface area contributed by atoms with E-state index in [1.165, 1.54) is 12.1 Å². The predicted molar refractivity (Wildman–Crippen MR) is 81.6 cm³/mol. The van der Waals surface area contributed by atoms with Crippen molar-refractivity contribution in [2.45, 2.75) is 30.6 Å². The summed E-state index contributed by atoms with van der Waals surface area (Å²) in [4.78, 5) is 0.200. The standard InChI is InChI=1S/C15H22N2O3S/c16-13-14-6-5-7-15(12-14)21(19,20)11-9-17-8-3-1-2-4-10-18/h5-7,12,17-18H,1-4,8-11H2. The van der Waals surface area contributed by atoms with E-state index in [0.717, 1.165) is 32.2 Å². The summed E-state index contributed by atoms with van der Waals surface area (Å²) in [7, 11) is -3.34. The van der Waals surface area contributed by atoms with E-state index in [2.05, 4.69) is 5.32 Å². The van der Waals surface area contributed by atoms with Crippen molar-refractivity contribution in [2.24, 2.45) is 0 Å². The number of aliphatic hydroxyl groups excluding tert-OH is 1. The number of benzene rings is 1. The molecule has 1 aromatic carbocycles. The van der Waals surface area contributed by atoms with Crippen molar-refractivity contribution in [3.05, 3.63) is 29.8 Å². The van der Waals surface area contributed by atoms with Crippen LogP contribution < -0.4 is 5.32 Å². The van der Waals surface area contributed by atoms with Gasteiger partial charge in [0.25, 0.3) is 0 Å². The molecule has 0 radical (unpaired) electrons. The quantitative estimate of drug-likeness (QED) is 0.639. The molecule has 0 aromatic heterocycles. The molecule has 0 fully saturated rings. The van der Waals surface area contributed by atoms with E-state index in [4.69, 9.17) is 10.4 Å². The second kappa shape index (κ2) is 9.50. The Labute approximate surface area is 126 Å². The van der Waals surface area contributed by atoms with Gasteiger partial charge in [-0.05, 0) is 37.6 Å². The summed E-state index contributed by atoms with van der Waals surface area (Å²) < 4.78 is 24.2. The van der Waals surface area contributed by atoms with E-state index in [1.54, 1.807) is 12.1 Å². The topological polar surface area (TPSA) is 90.2 Å². The molecule has 21 heavy (non-hydrogen) atoms. The number of nitrogens with zero attached hydrogens (tertiary/aromatic N) is 1. The van der Waals surface area contributed by atoms with E-state index >= 15 is 0 Å². The van der Waals surface area contributed by atoms with Crippen LogP contribution in [0.3, 0.4) is 0 Å². The lowest BCUT2D eigenvalue weighted by molar-refractivity contribution is 0.282. The highest BCUT2D eigenvalue weighted by molar-refractivity contribution is 7.91. The summed E-state index contributed by atoms with van der Waals surface area (Å²) in [5.74, 6) is 0.0263. The van der Waals surface area contributed by atoms with Gasteiger partial charge < -0.3 is 10.4 Å². The molecular formula is C15H22N2O3S. The number of rotatable bonds is 10. The number of nitrogens with one attached hydrogen (secondary N) is 1. The van der Waals surface area contributed by atoms with Gasteiger partial charge in [0.1, 0.15) is 0 Å². The molecule has 0 amide bonds. The Bertz CT molecular complexity index is 565. The number of hydrogen-bond acceptors (Lipinski definition) is 5. The number of nitriles is 1. The number of unbranched alkanes of at least 4 members (excludes halogenated alkanes) is 3. The van der Waals surface area contributed by atoms with Crippen LogP contribution in [-0.2, 0) is 9.84 Å². The Balaban J connectivity index is 2.32. The Morgan fingerprint density at radius 2 is 1.90 bits per heavy atom. The lowest BCUT2D eigenvalue weighted by Gasteiger charge is -2.06. The molecule has 0 saturated carbocycles. The fourth-order valence-electron chi connectivity index (χ4n) is 1.92. The van der Waals surface area contributed by atoms with Crippen molar-refractivity contribution >= 4 is 9.84 Å². The Morgan fingerprint density at radius 3 is 2.62 bits per heavy atom.